The van der Waals surface area contributed by atoms with E-state index in [1.54, 1.807) is 4.90 Å². The molecule has 0 saturated carbocycles. The minimum Gasteiger partial charge on any atom is -0.478 e. The molecule has 2 rings (SSSR count). The molecule has 1 atom stereocenters. The molecule has 0 bridgehead atoms. The lowest BCUT2D eigenvalue weighted by atomic mass is 10.2. The number of piperazine rings is 1. The summed E-state index contributed by atoms with van der Waals surface area (Å²) in [5.74, 6) is -1.32. The van der Waals surface area contributed by atoms with Crippen molar-refractivity contribution >= 4 is 11.9 Å². The molecule has 2 saturated heterocycles. The fourth-order valence-corrected chi connectivity index (χ4v) is 2.48. The average molecular weight is 268 g/mol. The van der Waals surface area contributed by atoms with Crippen LogP contribution >= 0.6 is 0 Å². The Hall–Kier alpha value is -1.40. The van der Waals surface area contributed by atoms with Gasteiger partial charge in [0.25, 0.3) is 0 Å². The second kappa shape index (κ2) is 6.68. The zero-order valence-electron chi connectivity index (χ0n) is 11.0. The van der Waals surface area contributed by atoms with Gasteiger partial charge >= 0.3 is 5.97 Å². The van der Waals surface area contributed by atoms with Gasteiger partial charge in [0.1, 0.15) is 0 Å². The van der Waals surface area contributed by atoms with Gasteiger partial charge in [0.05, 0.1) is 6.10 Å². The Morgan fingerprint density at radius 3 is 2.53 bits per heavy atom. The third kappa shape index (κ3) is 4.33. The minimum atomic E-state index is -1.09. The van der Waals surface area contributed by atoms with E-state index in [1.165, 1.54) is 0 Å². The lowest BCUT2D eigenvalue weighted by molar-refractivity contribution is -0.132. The first-order valence-corrected chi connectivity index (χ1v) is 6.69. The van der Waals surface area contributed by atoms with Gasteiger partial charge in [-0.1, -0.05) is 0 Å². The first-order valence-electron chi connectivity index (χ1n) is 6.69. The van der Waals surface area contributed by atoms with Gasteiger partial charge in [-0.2, -0.15) is 0 Å². The van der Waals surface area contributed by atoms with Gasteiger partial charge in [-0.25, -0.2) is 4.79 Å². The van der Waals surface area contributed by atoms with Gasteiger partial charge in [0.15, 0.2) is 0 Å². The first-order chi connectivity index (χ1) is 9.15. The maximum Gasteiger partial charge on any atom is 0.328 e. The SMILES string of the molecule is O=C(O)/C=C/C(=O)N1CCN(CC2CCCO2)CC1. The molecule has 0 aromatic rings. The average Bonchev–Trinajstić information content (AvgIpc) is 2.89. The number of carboxylic acids is 1. The van der Waals surface area contributed by atoms with Gasteiger partial charge in [-0.05, 0) is 12.8 Å². The van der Waals surface area contributed by atoms with Crippen LogP contribution in [0.3, 0.4) is 0 Å². The summed E-state index contributed by atoms with van der Waals surface area (Å²) in [5, 5.41) is 8.48. The number of hydrogen-bond acceptors (Lipinski definition) is 4. The summed E-state index contributed by atoms with van der Waals surface area (Å²) < 4.78 is 5.60. The zero-order valence-corrected chi connectivity index (χ0v) is 11.0. The van der Waals surface area contributed by atoms with Gasteiger partial charge in [-0.3, -0.25) is 9.69 Å². The van der Waals surface area contributed by atoms with Crippen molar-refractivity contribution in [2.24, 2.45) is 0 Å². The van der Waals surface area contributed by atoms with Crippen LogP contribution < -0.4 is 0 Å². The van der Waals surface area contributed by atoms with Crippen molar-refractivity contribution < 1.29 is 19.4 Å². The number of aliphatic carboxylic acids is 1. The molecule has 6 nitrogen and oxygen atoms in total. The number of hydrogen-bond donors (Lipinski definition) is 1. The lowest BCUT2D eigenvalue weighted by Gasteiger charge is -2.35. The van der Waals surface area contributed by atoms with E-state index >= 15 is 0 Å². The van der Waals surface area contributed by atoms with Gasteiger partial charge in [0.2, 0.25) is 5.91 Å². The van der Waals surface area contributed by atoms with Crippen LogP contribution in [0.2, 0.25) is 0 Å². The minimum absolute atomic E-state index is 0.223. The molecule has 6 heteroatoms. The highest BCUT2D eigenvalue weighted by atomic mass is 16.5. The zero-order chi connectivity index (χ0) is 13.7. The molecule has 0 spiro atoms. The van der Waals surface area contributed by atoms with E-state index in [2.05, 4.69) is 4.90 Å². The highest BCUT2D eigenvalue weighted by Gasteiger charge is 2.24. The summed E-state index contributed by atoms with van der Waals surface area (Å²) in [7, 11) is 0. The standard InChI is InChI=1S/C13H20N2O4/c16-12(3-4-13(17)18)15-7-5-14(6-8-15)10-11-2-1-9-19-11/h3-4,11H,1-2,5-10H2,(H,17,18)/b4-3+. The number of carboxylic acid groups (broad SMARTS) is 1. The number of ether oxygens (including phenoxy) is 1. The molecular formula is C13H20N2O4. The molecule has 1 N–H and O–H groups in total. The number of amides is 1. The third-order valence-electron chi connectivity index (χ3n) is 3.54. The second-order valence-electron chi connectivity index (χ2n) is 4.93. The summed E-state index contributed by atoms with van der Waals surface area (Å²) in [6.07, 6.45) is 4.62. The highest BCUT2D eigenvalue weighted by molar-refractivity contribution is 5.93. The van der Waals surface area contributed by atoms with Crippen LogP contribution in [0, 0.1) is 0 Å². The molecule has 0 radical (unpaired) electrons. The maximum absolute atomic E-state index is 11.7. The Morgan fingerprint density at radius 1 is 1.21 bits per heavy atom. The molecule has 2 heterocycles. The van der Waals surface area contributed by atoms with Crippen molar-refractivity contribution in [3.63, 3.8) is 0 Å². The molecule has 2 fully saturated rings. The van der Waals surface area contributed by atoms with Crippen LogP contribution in [0.25, 0.3) is 0 Å². The number of rotatable bonds is 4. The smallest absolute Gasteiger partial charge is 0.328 e. The molecule has 19 heavy (non-hydrogen) atoms. The van der Waals surface area contributed by atoms with E-state index in [4.69, 9.17) is 9.84 Å². The Bertz CT molecular complexity index is 356. The normalized spacial score (nSPS) is 25.1. The van der Waals surface area contributed by atoms with Crippen LogP contribution in [0.5, 0.6) is 0 Å². The van der Waals surface area contributed by atoms with Crippen LogP contribution in [0.4, 0.5) is 0 Å². The fraction of sp³-hybridized carbons (Fsp3) is 0.692. The van der Waals surface area contributed by atoms with Crippen LogP contribution in [0.15, 0.2) is 12.2 Å². The van der Waals surface area contributed by atoms with Crippen molar-refractivity contribution in [2.45, 2.75) is 18.9 Å². The van der Waals surface area contributed by atoms with Gasteiger partial charge < -0.3 is 14.7 Å². The summed E-state index contributed by atoms with van der Waals surface area (Å²) in [5.41, 5.74) is 0. The Morgan fingerprint density at radius 2 is 1.95 bits per heavy atom. The molecule has 1 amide bonds. The van der Waals surface area contributed by atoms with E-state index in [0.717, 1.165) is 51.2 Å². The first kappa shape index (κ1) is 14.0. The summed E-state index contributed by atoms with van der Waals surface area (Å²) in [6, 6.07) is 0. The van der Waals surface area contributed by atoms with Crippen molar-refractivity contribution in [3.8, 4) is 0 Å². The predicted molar refractivity (Wildman–Crippen MR) is 68.8 cm³/mol. The van der Waals surface area contributed by atoms with Crippen LogP contribution in [0.1, 0.15) is 12.8 Å². The largest absolute Gasteiger partial charge is 0.478 e. The Balaban J connectivity index is 1.72. The molecular weight excluding hydrogens is 248 g/mol. The highest BCUT2D eigenvalue weighted by Crippen LogP contribution is 2.14. The molecule has 2 aliphatic heterocycles. The molecule has 0 aromatic heterocycles. The molecule has 2 aliphatic rings. The summed E-state index contributed by atoms with van der Waals surface area (Å²) in [6.45, 7) is 4.75. The molecule has 106 valence electrons. The van der Waals surface area contributed by atoms with Crippen molar-refractivity contribution in [1.29, 1.82) is 0 Å². The van der Waals surface area contributed by atoms with E-state index in [-0.39, 0.29) is 5.91 Å². The van der Waals surface area contributed by atoms with Crippen molar-refractivity contribution in [1.82, 2.24) is 9.80 Å². The van der Waals surface area contributed by atoms with Gasteiger partial charge in [-0.15, -0.1) is 0 Å². The molecule has 1 unspecified atom stereocenters. The second-order valence-corrected chi connectivity index (χ2v) is 4.93. The van der Waals surface area contributed by atoms with Crippen LogP contribution in [-0.4, -0.2) is 72.2 Å². The van der Waals surface area contributed by atoms with Gasteiger partial charge in [0, 0.05) is 51.5 Å². The number of nitrogens with zero attached hydrogens (tertiary/aromatic N) is 2. The molecule has 0 aliphatic carbocycles. The van der Waals surface area contributed by atoms with Crippen molar-refractivity contribution in [2.75, 3.05) is 39.3 Å². The number of carbonyl (C=O) groups is 2. The third-order valence-corrected chi connectivity index (χ3v) is 3.54. The van der Waals surface area contributed by atoms with Crippen molar-refractivity contribution in [3.05, 3.63) is 12.2 Å². The lowest BCUT2D eigenvalue weighted by Crippen LogP contribution is -2.50. The topological polar surface area (TPSA) is 70.1 Å². The fourth-order valence-electron chi connectivity index (χ4n) is 2.48. The Labute approximate surface area is 112 Å². The number of carbonyl (C=O) groups excluding carboxylic acids is 1. The Kier molecular flexibility index (Phi) is 4.93. The maximum atomic E-state index is 11.7. The van der Waals surface area contributed by atoms with E-state index in [1.807, 2.05) is 0 Å². The molecule has 0 aromatic carbocycles. The summed E-state index contributed by atoms with van der Waals surface area (Å²) >= 11 is 0. The van der Waals surface area contributed by atoms with Crippen LogP contribution in [-0.2, 0) is 14.3 Å². The predicted octanol–water partition coefficient (Wildman–Crippen LogP) is -0.0496. The summed E-state index contributed by atoms with van der Waals surface area (Å²) in [4.78, 5) is 26.0. The quantitative estimate of drug-likeness (QED) is 0.724. The van der Waals surface area contributed by atoms with E-state index in [9.17, 15) is 9.59 Å². The van der Waals surface area contributed by atoms with E-state index < -0.39 is 5.97 Å². The van der Waals surface area contributed by atoms with E-state index in [0.29, 0.717) is 19.2 Å². The monoisotopic (exact) mass is 268 g/mol.